The Balaban J connectivity index is 1.20. The van der Waals surface area contributed by atoms with Crippen LogP contribution in [0.1, 0.15) is 20.7 Å². The average Bonchev–Trinajstić information content (AvgIpc) is 3.66. The minimum Gasteiger partial charge on any atom is -0.495 e. The minimum atomic E-state index is -0.312. The molecule has 0 unspecified atom stereocenters. The van der Waals surface area contributed by atoms with Gasteiger partial charge in [0.15, 0.2) is 23.0 Å². The van der Waals surface area contributed by atoms with Gasteiger partial charge in [-0.2, -0.15) is 0 Å². The summed E-state index contributed by atoms with van der Waals surface area (Å²) in [5, 5.41) is 5.77. The van der Waals surface area contributed by atoms with E-state index < -0.39 is 0 Å². The summed E-state index contributed by atoms with van der Waals surface area (Å²) in [7, 11) is 3.06. The van der Waals surface area contributed by atoms with Gasteiger partial charge in [0, 0.05) is 11.1 Å². The molecule has 0 radical (unpaired) electrons. The van der Waals surface area contributed by atoms with E-state index in [0.29, 0.717) is 57.0 Å². The number of benzene rings is 4. The van der Waals surface area contributed by atoms with Gasteiger partial charge in [-0.25, -0.2) is 0 Å². The van der Waals surface area contributed by atoms with Crippen LogP contribution in [-0.2, 0) is 0 Å². The maximum atomic E-state index is 12.9. The molecule has 0 aliphatic carbocycles. The van der Waals surface area contributed by atoms with Gasteiger partial charge in [0.1, 0.15) is 11.5 Å². The number of hydrogen-bond donors (Lipinski definition) is 2. The second-order valence-electron chi connectivity index (χ2n) is 8.87. The van der Waals surface area contributed by atoms with Crippen LogP contribution in [0.25, 0.3) is 11.1 Å². The second-order valence-corrected chi connectivity index (χ2v) is 8.87. The Kier molecular flexibility index (Phi) is 6.49. The summed E-state index contributed by atoms with van der Waals surface area (Å²) in [4.78, 5) is 25.8. The molecule has 40 heavy (non-hydrogen) atoms. The fourth-order valence-electron chi connectivity index (χ4n) is 4.41. The molecule has 0 saturated carbocycles. The van der Waals surface area contributed by atoms with Crippen molar-refractivity contribution in [3.63, 3.8) is 0 Å². The number of rotatable bonds is 7. The highest BCUT2D eigenvalue weighted by atomic mass is 16.7. The summed E-state index contributed by atoms with van der Waals surface area (Å²) in [6.07, 6.45) is 0. The Morgan fingerprint density at radius 2 is 1.00 bits per heavy atom. The number of methoxy groups -OCH3 is 2. The molecule has 0 saturated heterocycles. The lowest BCUT2D eigenvalue weighted by atomic mass is 10.0. The topological polar surface area (TPSA) is 114 Å². The van der Waals surface area contributed by atoms with Gasteiger partial charge in [-0.1, -0.05) is 12.1 Å². The summed E-state index contributed by atoms with van der Waals surface area (Å²) in [6.45, 7) is 0.265. The molecule has 0 spiro atoms. The van der Waals surface area contributed by atoms with Gasteiger partial charge in [-0.05, 0) is 71.8 Å². The van der Waals surface area contributed by atoms with Crippen LogP contribution in [0, 0.1) is 0 Å². The lowest BCUT2D eigenvalue weighted by molar-refractivity contribution is 0.101. The number of carbonyl (C=O) groups is 2. The predicted molar refractivity (Wildman–Crippen MR) is 146 cm³/mol. The number of fused-ring (bicyclic) bond motifs is 2. The van der Waals surface area contributed by atoms with Gasteiger partial charge in [-0.3, -0.25) is 9.59 Å². The van der Waals surface area contributed by atoms with Crippen molar-refractivity contribution in [1.29, 1.82) is 0 Å². The van der Waals surface area contributed by atoms with E-state index in [-0.39, 0.29) is 25.4 Å². The van der Waals surface area contributed by atoms with Crippen molar-refractivity contribution in [2.75, 3.05) is 38.4 Å². The van der Waals surface area contributed by atoms with E-state index in [1.165, 1.54) is 14.2 Å². The number of anilines is 2. The lowest BCUT2D eigenvalue weighted by Gasteiger charge is -2.15. The maximum Gasteiger partial charge on any atom is 0.255 e. The zero-order valence-corrected chi connectivity index (χ0v) is 21.6. The Hall–Kier alpha value is -5.38. The van der Waals surface area contributed by atoms with E-state index in [1.54, 1.807) is 48.5 Å². The van der Waals surface area contributed by atoms with Crippen LogP contribution in [0.4, 0.5) is 11.4 Å². The Morgan fingerprint density at radius 3 is 1.43 bits per heavy atom. The Morgan fingerprint density at radius 1 is 0.575 bits per heavy atom. The first-order valence-corrected chi connectivity index (χ1v) is 12.3. The number of nitrogens with one attached hydrogen (secondary N) is 2. The van der Waals surface area contributed by atoms with Crippen molar-refractivity contribution in [2.24, 2.45) is 0 Å². The molecule has 202 valence electrons. The van der Waals surface area contributed by atoms with Gasteiger partial charge in [0.05, 0.1) is 25.6 Å². The maximum absolute atomic E-state index is 12.9. The zero-order valence-electron chi connectivity index (χ0n) is 21.6. The van der Waals surface area contributed by atoms with Gasteiger partial charge in [0.2, 0.25) is 13.6 Å². The van der Waals surface area contributed by atoms with Crippen molar-refractivity contribution in [1.82, 2.24) is 0 Å². The van der Waals surface area contributed by atoms with E-state index in [4.69, 9.17) is 28.4 Å². The molecule has 2 amide bonds. The minimum absolute atomic E-state index is 0.133. The van der Waals surface area contributed by atoms with Crippen LogP contribution in [-0.4, -0.2) is 39.6 Å². The second kappa shape index (κ2) is 10.4. The highest BCUT2D eigenvalue weighted by molar-refractivity contribution is 6.06. The molecule has 2 aliphatic heterocycles. The number of amides is 2. The molecule has 10 heteroatoms. The van der Waals surface area contributed by atoms with Crippen LogP contribution in [0.2, 0.25) is 0 Å². The van der Waals surface area contributed by atoms with Gasteiger partial charge in [0.25, 0.3) is 11.8 Å². The normalized spacial score (nSPS) is 12.6. The summed E-state index contributed by atoms with van der Waals surface area (Å²) < 4.78 is 32.5. The molecule has 0 bridgehead atoms. The average molecular weight is 541 g/mol. The highest BCUT2D eigenvalue weighted by Crippen LogP contribution is 2.37. The van der Waals surface area contributed by atoms with Crippen molar-refractivity contribution < 1.29 is 38.0 Å². The quantitative estimate of drug-likeness (QED) is 0.323. The molecule has 2 N–H and O–H groups in total. The molecular formula is C30H24N2O8. The molecule has 2 heterocycles. The predicted octanol–water partition coefficient (Wildman–Crippen LogP) is 5.33. The number of hydrogen-bond acceptors (Lipinski definition) is 8. The largest absolute Gasteiger partial charge is 0.495 e. The van der Waals surface area contributed by atoms with Crippen LogP contribution >= 0.6 is 0 Å². The Labute approximate surface area is 229 Å². The molecule has 0 aromatic heterocycles. The SMILES string of the molecule is COc1cc(-c2ccc(NC(=O)c3ccc4c(c3)OCO4)c(OC)c2)ccc1NC(=O)c1ccc2c(c1)OCO2. The molecule has 0 fully saturated rings. The number of carbonyl (C=O) groups excluding carboxylic acids is 2. The summed E-state index contributed by atoms with van der Waals surface area (Å²) >= 11 is 0. The van der Waals surface area contributed by atoms with Crippen molar-refractivity contribution >= 4 is 23.2 Å². The molecule has 4 aromatic carbocycles. The van der Waals surface area contributed by atoms with Crippen molar-refractivity contribution in [3.05, 3.63) is 83.9 Å². The summed E-state index contributed by atoms with van der Waals surface area (Å²) in [6, 6.07) is 20.9. The van der Waals surface area contributed by atoms with Crippen molar-refractivity contribution in [3.8, 4) is 45.6 Å². The molecule has 4 aromatic rings. The van der Waals surface area contributed by atoms with Gasteiger partial charge < -0.3 is 39.1 Å². The molecule has 0 atom stereocenters. The van der Waals surface area contributed by atoms with Crippen LogP contribution in [0.5, 0.6) is 34.5 Å². The summed E-state index contributed by atoms with van der Waals surface area (Å²) in [5.41, 5.74) is 3.52. The van der Waals surface area contributed by atoms with Gasteiger partial charge in [-0.15, -0.1) is 0 Å². The van der Waals surface area contributed by atoms with E-state index in [2.05, 4.69) is 10.6 Å². The lowest BCUT2D eigenvalue weighted by Crippen LogP contribution is -2.13. The van der Waals surface area contributed by atoms with E-state index in [0.717, 1.165) is 11.1 Å². The van der Waals surface area contributed by atoms with E-state index in [1.807, 2.05) is 24.3 Å². The first-order valence-electron chi connectivity index (χ1n) is 12.3. The zero-order chi connectivity index (χ0) is 27.6. The molecule has 2 aliphatic rings. The fourth-order valence-corrected chi connectivity index (χ4v) is 4.41. The smallest absolute Gasteiger partial charge is 0.255 e. The first kappa shape index (κ1) is 24.9. The molecule has 6 rings (SSSR count). The highest BCUT2D eigenvalue weighted by Gasteiger charge is 2.19. The third-order valence-electron chi connectivity index (χ3n) is 6.50. The first-order chi connectivity index (χ1) is 19.5. The van der Waals surface area contributed by atoms with Crippen LogP contribution in [0.3, 0.4) is 0 Å². The van der Waals surface area contributed by atoms with Crippen LogP contribution in [0.15, 0.2) is 72.8 Å². The van der Waals surface area contributed by atoms with E-state index >= 15 is 0 Å². The van der Waals surface area contributed by atoms with Gasteiger partial charge >= 0.3 is 0 Å². The molecule has 10 nitrogen and oxygen atoms in total. The standard InChI is InChI=1S/C30H24N2O8/c1-35-25-11-17(3-7-21(25)31-29(33)19-5-9-23-27(13-19)39-15-37-23)18-4-8-22(26(12-18)36-2)32-30(34)20-6-10-24-28(14-20)40-16-38-24/h3-14H,15-16H2,1-2H3,(H,31,33)(H,32,34). The number of ether oxygens (including phenoxy) is 6. The van der Waals surface area contributed by atoms with Crippen LogP contribution < -0.4 is 39.1 Å². The summed E-state index contributed by atoms with van der Waals surface area (Å²) in [5.74, 6) is 2.59. The Bertz CT molecular complexity index is 1510. The third kappa shape index (κ3) is 4.78. The fraction of sp³-hybridized carbons (Fsp3) is 0.133. The third-order valence-corrected chi connectivity index (χ3v) is 6.50. The molecular weight excluding hydrogens is 516 g/mol. The monoisotopic (exact) mass is 540 g/mol. The van der Waals surface area contributed by atoms with E-state index in [9.17, 15) is 9.59 Å². The van der Waals surface area contributed by atoms with Crippen molar-refractivity contribution in [2.45, 2.75) is 0 Å².